The predicted molar refractivity (Wildman–Crippen MR) is 163 cm³/mol. The van der Waals surface area contributed by atoms with Gasteiger partial charge in [0, 0.05) is 56.7 Å². The van der Waals surface area contributed by atoms with Crippen LogP contribution < -0.4 is 14.5 Å². The maximum Gasteiger partial charge on any atom is 0.407 e. The fourth-order valence-corrected chi connectivity index (χ4v) is 6.96. The number of carbonyl (C=O) groups excluding carboxylic acids is 1. The van der Waals surface area contributed by atoms with Crippen molar-refractivity contribution < 1.29 is 23.8 Å². The summed E-state index contributed by atoms with van der Waals surface area (Å²) in [4.78, 5) is 40.8. The summed E-state index contributed by atoms with van der Waals surface area (Å²) in [6.45, 7) is 10.9. The quantitative estimate of drug-likeness (QED) is 0.406. The van der Waals surface area contributed by atoms with Crippen LogP contribution in [-0.4, -0.2) is 89.2 Å². The van der Waals surface area contributed by atoms with E-state index in [0.717, 1.165) is 71.2 Å². The summed E-state index contributed by atoms with van der Waals surface area (Å²) in [6, 6.07) is 4.39. The van der Waals surface area contributed by atoms with Crippen LogP contribution in [0.3, 0.4) is 0 Å². The number of nitrogens with zero attached hydrogens (tertiary/aromatic N) is 6. The van der Waals surface area contributed by atoms with Crippen LogP contribution in [0.25, 0.3) is 0 Å². The minimum Gasteiger partial charge on any atom is -0.465 e. The van der Waals surface area contributed by atoms with Gasteiger partial charge in [0.05, 0.1) is 11.9 Å². The van der Waals surface area contributed by atoms with Crippen molar-refractivity contribution in [2.75, 3.05) is 56.1 Å². The molecular weight excluding hydrogens is 551 g/mol. The Balaban J connectivity index is 1.18. The third-order valence-corrected chi connectivity index (χ3v) is 9.62. The Morgan fingerprint density at radius 2 is 1.84 bits per heavy atom. The van der Waals surface area contributed by atoms with Crippen LogP contribution in [0.1, 0.15) is 59.3 Å². The normalized spacial score (nSPS) is 21.9. The molecule has 43 heavy (non-hydrogen) atoms. The van der Waals surface area contributed by atoms with Gasteiger partial charge in [0.2, 0.25) is 5.91 Å². The molecule has 2 amide bonds. The van der Waals surface area contributed by atoms with Crippen molar-refractivity contribution in [3.05, 3.63) is 36.5 Å². The predicted octanol–water partition coefficient (Wildman–Crippen LogP) is 5.49. The van der Waals surface area contributed by atoms with Gasteiger partial charge in [-0.15, -0.1) is 0 Å². The van der Waals surface area contributed by atoms with E-state index < -0.39 is 11.9 Å². The summed E-state index contributed by atoms with van der Waals surface area (Å²) >= 11 is 0. The summed E-state index contributed by atoms with van der Waals surface area (Å²) in [5, 5.41) is 9.27. The summed E-state index contributed by atoms with van der Waals surface area (Å²) in [5.41, 5.74) is 0.649. The SMILES string of the molecule is CCN(C(=O)C(C)C)c1cc(F)ccc1Oc1cncnc1N1CC2(CCN(C[C@H]3CC[C@H](N(C)C(=O)O)CC3)CC2)C1. The van der Waals surface area contributed by atoms with Crippen molar-refractivity contribution in [3.8, 4) is 11.5 Å². The highest BCUT2D eigenvalue weighted by molar-refractivity contribution is 5.96. The summed E-state index contributed by atoms with van der Waals surface area (Å²) < 4.78 is 20.6. The summed E-state index contributed by atoms with van der Waals surface area (Å²) in [5.74, 6) is 1.45. The summed E-state index contributed by atoms with van der Waals surface area (Å²) in [7, 11) is 1.69. The van der Waals surface area contributed by atoms with E-state index in [1.54, 1.807) is 24.2 Å². The number of piperidine rings is 1. The minimum atomic E-state index is -0.832. The highest BCUT2D eigenvalue weighted by atomic mass is 19.1. The van der Waals surface area contributed by atoms with Gasteiger partial charge in [-0.1, -0.05) is 13.8 Å². The average Bonchev–Trinajstić information content (AvgIpc) is 2.98. The van der Waals surface area contributed by atoms with Gasteiger partial charge in [-0.2, -0.15) is 0 Å². The monoisotopic (exact) mass is 596 g/mol. The van der Waals surface area contributed by atoms with Gasteiger partial charge in [-0.25, -0.2) is 19.2 Å². The number of benzene rings is 1. The van der Waals surface area contributed by atoms with Gasteiger partial charge in [0.1, 0.15) is 12.1 Å². The molecule has 11 heteroatoms. The van der Waals surface area contributed by atoms with Crippen molar-refractivity contribution >= 4 is 23.5 Å². The van der Waals surface area contributed by atoms with Crippen molar-refractivity contribution in [2.45, 2.75) is 65.3 Å². The first kappa shape index (κ1) is 31.0. The number of likely N-dealkylation sites (tertiary alicyclic amines) is 1. The number of carbonyl (C=O) groups is 2. The number of ether oxygens (including phenoxy) is 1. The topological polar surface area (TPSA) is 102 Å². The van der Waals surface area contributed by atoms with Crippen LogP contribution in [0.2, 0.25) is 0 Å². The van der Waals surface area contributed by atoms with Crippen LogP contribution in [0.15, 0.2) is 30.7 Å². The van der Waals surface area contributed by atoms with E-state index >= 15 is 0 Å². The number of amides is 2. The Morgan fingerprint density at radius 3 is 2.47 bits per heavy atom. The molecule has 0 atom stereocenters. The van der Waals surface area contributed by atoms with E-state index in [2.05, 4.69) is 19.8 Å². The van der Waals surface area contributed by atoms with E-state index in [0.29, 0.717) is 35.5 Å². The first-order valence-corrected chi connectivity index (χ1v) is 15.6. The molecule has 0 unspecified atom stereocenters. The maximum atomic E-state index is 14.3. The van der Waals surface area contributed by atoms with Gasteiger partial charge in [0.25, 0.3) is 0 Å². The van der Waals surface area contributed by atoms with Gasteiger partial charge >= 0.3 is 6.09 Å². The van der Waals surface area contributed by atoms with Gasteiger partial charge in [-0.3, -0.25) is 4.79 Å². The van der Waals surface area contributed by atoms with E-state index in [1.807, 2.05) is 20.8 Å². The molecule has 3 heterocycles. The Bertz CT molecular complexity index is 1280. The summed E-state index contributed by atoms with van der Waals surface area (Å²) in [6.07, 6.45) is 8.66. The van der Waals surface area contributed by atoms with E-state index in [9.17, 15) is 19.1 Å². The van der Waals surface area contributed by atoms with Crippen molar-refractivity contribution in [1.82, 2.24) is 19.8 Å². The highest BCUT2D eigenvalue weighted by Crippen LogP contribution is 2.45. The second-order valence-corrected chi connectivity index (χ2v) is 12.9. The molecule has 2 aliphatic heterocycles. The Morgan fingerprint density at radius 1 is 1.14 bits per heavy atom. The molecule has 3 aliphatic rings. The molecule has 2 saturated heterocycles. The zero-order valence-electron chi connectivity index (χ0n) is 25.8. The molecule has 0 radical (unpaired) electrons. The van der Waals surface area contributed by atoms with E-state index in [-0.39, 0.29) is 23.3 Å². The number of hydrogen-bond donors (Lipinski definition) is 1. The number of carboxylic acid groups (broad SMARTS) is 1. The molecule has 1 spiro atoms. The van der Waals surface area contributed by atoms with Gasteiger partial charge < -0.3 is 29.4 Å². The van der Waals surface area contributed by atoms with Gasteiger partial charge in [-0.05, 0) is 76.6 Å². The fourth-order valence-electron chi connectivity index (χ4n) is 6.96. The molecule has 234 valence electrons. The highest BCUT2D eigenvalue weighted by Gasteiger charge is 2.46. The molecule has 1 aromatic heterocycles. The molecule has 10 nitrogen and oxygen atoms in total. The molecule has 1 saturated carbocycles. The minimum absolute atomic E-state index is 0.100. The van der Waals surface area contributed by atoms with Crippen LogP contribution in [0, 0.1) is 23.1 Å². The lowest BCUT2D eigenvalue weighted by Gasteiger charge is -2.54. The third kappa shape index (κ3) is 6.87. The average molecular weight is 597 g/mol. The number of hydrogen-bond acceptors (Lipinski definition) is 7. The first-order chi connectivity index (χ1) is 20.6. The third-order valence-electron chi connectivity index (χ3n) is 9.62. The first-order valence-electron chi connectivity index (χ1n) is 15.6. The maximum absolute atomic E-state index is 14.3. The van der Waals surface area contributed by atoms with Crippen LogP contribution in [-0.2, 0) is 4.79 Å². The van der Waals surface area contributed by atoms with Crippen LogP contribution in [0.4, 0.5) is 20.7 Å². The fraction of sp³-hybridized carbons (Fsp3) is 0.625. The lowest BCUT2D eigenvalue weighted by molar-refractivity contribution is -0.121. The van der Waals surface area contributed by atoms with Gasteiger partial charge in [0.15, 0.2) is 17.3 Å². The molecule has 1 aromatic carbocycles. The zero-order chi connectivity index (χ0) is 30.7. The lowest BCUT2D eigenvalue weighted by Crippen LogP contribution is -2.61. The molecule has 1 N–H and O–H groups in total. The second-order valence-electron chi connectivity index (χ2n) is 12.9. The van der Waals surface area contributed by atoms with E-state index in [1.165, 1.54) is 23.4 Å². The zero-order valence-corrected chi connectivity index (χ0v) is 25.8. The van der Waals surface area contributed by atoms with Crippen LogP contribution >= 0.6 is 0 Å². The number of rotatable bonds is 9. The standard InChI is InChI=1S/C32H45FN6O4/c1-5-39(30(40)22(2)3)26-16-24(33)8-11-27(26)43-28-17-34-21-35-29(28)38-19-32(20-38)12-14-37(15-13-32)18-23-6-9-25(10-7-23)36(4)31(41)42/h8,11,16-17,21-23,25H,5-7,9-10,12-15,18-20H2,1-4H3,(H,41,42)/t23-,25-. The Kier molecular flexibility index (Phi) is 9.39. The Labute approximate surface area is 253 Å². The molecule has 1 aliphatic carbocycles. The smallest absolute Gasteiger partial charge is 0.407 e. The van der Waals surface area contributed by atoms with Crippen molar-refractivity contribution in [3.63, 3.8) is 0 Å². The Hall–Kier alpha value is -3.47. The molecule has 2 aromatic rings. The van der Waals surface area contributed by atoms with Crippen molar-refractivity contribution in [2.24, 2.45) is 17.3 Å². The number of anilines is 2. The lowest BCUT2D eigenvalue weighted by atomic mass is 9.71. The van der Waals surface area contributed by atoms with Crippen LogP contribution in [0.5, 0.6) is 11.5 Å². The largest absolute Gasteiger partial charge is 0.465 e. The molecule has 0 bridgehead atoms. The second kappa shape index (κ2) is 13.0. The number of halogens is 1. The molecule has 3 fully saturated rings. The van der Waals surface area contributed by atoms with Crippen molar-refractivity contribution in [1.29, 1.82) is 0 Å². The number of aromatic nitrogens is 2. The molecule has 5 rings (SSSR count). The van der Waals surface area contributed by atoms with E-state index in [4.69, 9.17) is 4.74 Å². The molecular formula is C32H45FN6O4.